The molecule has 0 atom stereocenters. The molecule has 0 aliphatic carbocycles. The number of aromatic nitrogens is 2. The summed E-state index contributed by atoms with van der Waals surface area (Å²) in [5.74, 6) is 0.0125. The fourth-order valence-electron chi connectivity index (χ4n) is 1.66. The molecule has 1 aliphatic rings. The highest BCUT2D eigenvalue weighted by molar-refractivity contribution is 5.92. The molecule has 1 aliphatic heterocycles. The quantitative estimate of drug-likeness (QED) is 0.701. The molecular weight excluding hydrogens is 180 g/mol. The largest absolute Gasteiger partial charge is 0.337 e. The van der Waals surface area contributed by atoms with Gasteiger partial charge in [0.1, 0.15) is 5.69 Å². The van der Waals surface area contributed by atoms with E-state index in [1.165, 1.54) is 0 Å². The van der Waals surface area contributed by atoms with Crippen LogP contribution in [0.1, 0.15) is 29.0 Å². The van der Waals surface area contributed by atoms with Crippen LogP contribution in [0.2, 0.25) is 0 Å². The molecular formula is C9H14N4O. The normalized spacial score (nSPS) is 16.2. The summed E-state index contributed by atoms with van der Waals surface area (Å²) < 4.78 is 0. The molecule has 0 unspecified atom stereocenters. The maximum Gasteiger partial charge on any atom is 0.274 e. The minimum Gasteiger partial charge on any atom is -0.337 e. The highest BCUT2D eigenvalue weighted by atomic mass is 16.2. The smallest absolute Gasteiger partial charge is 0.274 e. The van der Waals surface area contributed by atoms with Gasteiger partial charge >= 0.3 is 0 Å². The molecule has 0 bridgehead atoms. The Hall–Kier alpha value is -1.36. The fourth-order valence-corrected chi connectivity index (χ4v) is 1.66. The third kappa shape index (κ3) is 1.63. The van der Waals surface area contributed by atoms with Crippen molar-refractivity contribution in [1.29, 1.82) is 0 Å². The van der Waals surface area contributed by atoms with Gasteiger partial charge in [-0.15, -0.1) is 0 Å². The molecule has 5 heteroatoms. The Morgan fingerprint density at radius 2 is 2.29 bits per heavy atom. The Bertz CT molecular complexity index is 327. The average molecular weight is 194 g/mol. The first kappa shape index (κ1) is 9.21. The van der Waals surface area contributed by atoms with Gasteiger partial charge in [-0.2, -0.15) is 5.10 Å². The number of rotatable bonds is 2. The van der Waals surface area contributed by atoms with Crippen molar-refractivity contribution in [2.75, 3.05) is 13.1 Å². The molecule has 2 rings (SSSR count). The summed E-state index contributed by atoms with van der Waals surface area (Å²) in [6.45, 7) is 2.09. The fraction of sp³-hybridized carbons (Fsp3) is 0.556. The van der Waals surface area contributed by atoms with Gasteiger partial charge in [0, 0.05) is 25.3 Å². The van der Waals surface area contributed by atoms with Crippen LogP contribution in [0.3, 0.4) is 0 Å². The Balaban J connectivity index is 2.09. The van der Waals surface area contributed by atoms with Crippen molar-refractivity contribution in [2.45, 2.75) is 19.4 Å². The summed E-state index contributed by atoms with van der Waals surface area (Å²) in [6.07, 6.45) is 2.19. The molecule has 1 saturated heterocycles. The summed E-state index contributed by atoms with van der Waals surface area (Å²) in [5.41, 5.74) is 6.70. The number of H-pyrrole nitrogens is 1. The topological polar surface area (TPSA) is 75.0 Å². The predicted octanol–water partition coefficient (Wildman–Crippen LogP) is 0.104. The van der Waals surface area contributed by atoms with Gasteiger partial charge in [-0.3, -0.25) is 9.89 Å². The van der Waals surface area contributed by atoms with E-state index in [9.17, 15) is 4.79 Å². The average Bonchev–Trinajstić information content (AvgIpc) is 2.88. The number of amides is 1. The van der Waals surface area contributed by atoms with Gasteiger partial charge in [-0.25, -0.2) is 0 Å². The van der Waals surface area contributed by atoms with Gasteiger partial charge in [0.25, 0.3) is 5.91 Å². The van der Waals surface area contributed by atoms with Crippen molar-refractivity contribution in [2.24, 2.45) is 5.73 Å². The van der Waals surface area contributed by atoms with Gasteiger partial charge in [0.2, 0.25) is 0 Å². The first-order valence-corrected chi connectivity index (χ1v) is 4.85. The summed E-state index contributed by atoms with van der Waals surface area (Å²) in [7, 11) is 0. The second-order valence-electron chi connectivity index (χ2n) is 3.48. The summed E-state index contributed by atoms with van der Waals surface area (Å²) >= 11 is 0. The van der Waals surface area contributed by atoms with Crippen molar-refractivity contribution < 1.29 is 4.79 Å². The monoisotopic (exact) mass is 194 g/mol. The van der Waals surface area contributed by atoms with Crippen LogP contribution in [-0.4, -0.2) is 34.1 Å². The van der Waals surface area contributed by atoms with E-state index in [1.807, 2.05) is 4.90 Å². The number of nitrogens with zero attached hydrogens (tertiary/aromatic N) is 2. The molecule has 2 heterocycles. The van der Waals surface area contributed by atoms with Crippen molar-refractivity contribution in [3.05, 3.63) is 17.5 Å². The lowest BCUT2D eigenvalue weighted by Gasteiger charge is -2.12. The van der Waals surface area contributed by atoms with E-state index in [2.05, 4.69) is 10.2 Å². The van der Waals surface area contributed by atoms with Crippen LogP contribution in [0.5, 0.6) is 0 Å². The second-order valence-corrected chi connectivity index (χ2v) is 3.48. The lowest BCUT2D eigenvalue weighted by atomic mass is 10.3. The Labute approximate surface area is 82.3 Å². The van der Waals surface area contributed by atoms with Crippen LogP contribution >= 0.6 is 0 Å². The van der Waals surface area contributed by atoms with E-state index < -0.39 is 0 Å². The van der Waals surface area contributed by atoms with Gasteiger partial charge in [-0.1, -0.05) is 0 Å². The van der Waals surface area contributed by atoms with Crippen LogP contribution in [0.4, 0.5) is 0 Å². The lowest BCUT2D eigenvalue weighted by Crippen LogP contribution is -2.27. The summed E-state index contributed by atoms with van der Waals surface area (Å²) in [6, 6.07) is 1.72. The zero-order valence-corrected chi connectivity index (χ0v) is 7.99. The number of nitrogens with one attached hydrogen (secondary N) is 1. The number of hydrogen-bond acceptors (Lipinski definition) is 3. The Morgan fingerprint density at radius 1 is 1.57 bits per heavy atom. The maximum atomic E-state index is 11.8. The van der Waals surface area contributed by atoms with Gasteiger partial charge in [0.15, 0.2) is 0 Å². The molecule has 1 fully saturated rings. The molecule has 0 radical (unpaired) electrons. The number of likely N-dealkylation sites (tertiary alicyclic amines) is 1. The van der Waals surface area contributed by atoms with E-state index in [-0.39, 0.29) is 5.91 Å². The van der Waals surface area contributed by atoms with E-state index in [1.54, 1.807) is 6.07 Å². The Kier molecular flexibility index (Phi) is 2.49. The third-order valence-corrected chi connectivity index (χ3v) is 2.46. The summed E-state index contributed by atoms with van der Waals surface area (Å²) in [4.78, 5) is 13.6. The number of carbonyl (C=O) groups is 1. The maximum absolute atomic E-state index is 11.8. The molecule has 3 N–H and O–H groups in total. The first-order chi connectivity index (χ1) is 6.81. The zero-order valence-electron chi connectivity index (χ0n) is 7.99. The molecule has 1 aromatic rings. The number of nitrogens with two attached hydrogens (primary N) is 1. The highest BCUT2D eigenvalue weighted by Gasteiger charge is 2.21. The van der Waals surface area contributed by atoms with Gasteiger partial charge < -0.3 is 10.6 Å². The minimum absolute atomic E-state index is 0.0125. The van der Waals surface area contributed by atoms with E-state index in [0.717, 1.165) is 31.6 Å². The first-order valence-electron chi connectivity index (χ1n) is 4.85. The predicted molar refractivity (Wildman–Crippen MR) is 51.6 cm³/mol. The van der Waals surface area contributed by atoms with Crippen LogP contribution in [-0.2, 0) is 6.54 Å². The van der Waals surface area contributed by atoms with Gasteiger partial charge in [0.05, 0.1) is 0 Å². The van der Waals surface area contributed by atoms with E-state index in [0.29, 0.717) is 12.2 Å². The molecule has 0 aromatic carbocycles. The van der Waals surface area contributed by atoms with Crippen LogP contribution < -0.4 is 5.73 Å². The minimum atomic E-state index is 0.0125. The number of carbonyl (C=O) groups excluding carboxylic acids is 1. The van der Waals surface area contributed by atoms with Crippen LogP contribution in [0, 0.1) is 0 Å². The van der Waals surface area contributed by atoms with Crippen molar-refractivity contribution >= 4 is 5.91 Å². The molecule has 14 heavy (non-hydrogen) atoms. The Morgan fingerprint density at radius 3 is 2.86 bits per heavy atom. The van der Waals surface area contributed by atoms with Gasteiger partial charge in [-0.05, 0) is 18.9 Å². The van der Waals surface area contributed by atoms with Crippen LogP contribution in [0.25, 0.3) is 0 Å². The molecule has 1 aromatic heterocycles. The van der Waals surface area contributed by atoms with Crippen molar-refractivity contribution in [1.82, 2.24) is 15.1 Å². The second kappa shape index (κ2) is 3.79. The van der Waals surface area contributed by atoms with Crippen molar-refractivity contribution in [3.63, 3.8) is 0 Å². The zero-order chi connectivity index (χ0) is 9.97. The molecule has 0 spiro atoms. The standard InChI is InChI=1S/C9H14N4O/c10-6-7-5-8(12-11-7)9(14)13-3-1-2-4-13/h5H,1-4,6,10H2,(H,11,12). The van der Waals surface area contributed by atoms with Crippen LogP contribution in [0.15, 0.2) is 6.07 Å². The highest BCUT2D eigenvalue weighted by Crippen LogP contribution is 2.11. The van der Waals surface area contributed by atoms with E-state index >= 15 is 0 Å². The molecule has 0 saturated carbocycles. The number of aromatic amines is 1. The number of hydrogen-bond donors (Lipinski definition) is 2. The molecule has 1 amide bonds. The van der Waals surface area contributed by atoms with E-state index in [4.69, 9.17) is 5.73 Å². The lowest BCUT2D eigenvalue weighted by molar-refractivity contribution is 0.0787. The summed E-state index contributed by atoms with van der Waals surface area (Å²) in [5, 5.41) is 6.67. The molecule has 76 valence electrons. The SMILES string of the molecule is NCc1cc(C(=O)N2CCCC2)n[nH]1. The van der Waals surface area contributed by atoms with Crippen molar-refractivity contribution in [3.8, 4) is 0 Å². The molecule has 5 nitrogen and oxygen atoms in total. The third-order valence-electron chi connectivity index (χ3n) is 2.46.